The molecule has 6 nitrogen and oxygen atoms in total. The number of hydrogen-bond donors (Lipinski definition) is 0. The third kappa shape index (κ3) is 3.67. The molecule has 0 heterocycles. The standard InChI is InChI=1S/C11H11NO5/c1-2-10(13)7-17-11(14)8-3-5-9(6-4-8)12(15)16/h3-6H,2,7H2,1H3. The maximum Gasteiger partial charge on any atom is 0.338 e. The Balaban J connectivity index is 2.64. The topological polar surface area (TPSA) is 86.5 Å². The van der Waals surface area contributed by atoms with Gasteiger partial charge in [0.15, 0.2) is 5.78 Å². The monoisotopic (exact) mass is 237 g/mol. The Morgan fingerprint density at radius 1 is 1.29 bits per heavy atom. The van der Waals surface area contributed by atoms with E-state index in [2.05, 4.69) is 0 Å². The molecule has 0 bridgehead atoms. The molecule has 17 heavy (non-hydrogen) atoms. The van der Waals surface area contributed by atoms with Crippen molar-refractivity contribution in [3.8, 4) is 0 Å². The summed E-state index contributed by atoms with van der Waals surface area (Å²) in [6.45, 7) is 1.40. The van der Waals surface area contributed by atoms with Gasteiger partial charge in [-0.2, -0.15) is 0 Å². The summed E-state index contributed by atoms with van der Waals surface area (Å²) in [6.07, 6.45) is 0.299. The molecule has 1 aromatic rings. The van der Waals surface area contributed by atoms with Crippen LogP contribution < -0.4 is 0 Å². The van der Waals surface area contributed by atoms with Crippen LogP contribution in [0.4, 0.5) is 5.69 Å². The minimum atomic E-state index is -0.665. The third-order valence-corrected chi connectivity index (χ3v) is 2.07. The van der Waals surface area contributed by atoms with Crippen molar-refractivity contribution in [1.82, 2.24) is 0 Å². The largest absolute Gasteiger partial charge is 0.454 e. The van der Waals surface area contributed by atoms with Crippen LogP contribution in [-0.2, 0) is 9.53 Å². The highest BCUT2D eigenvalue weighted by atomic mass is 16.6. The lowest BCUT2D eigenvalue weighted by atomic mass is 10.2. The van der Waals surface area contributed by atoms with Crippen molar-refractivity contribution in [3.05, 3.63) is 39.9 Å². The minimum Gasteiger partial charge on any atom is -0.454 e. The first-order valence-corrected chi connectivity index (χ1v) is 4.98. The zero-order chi connectivity index (χ0) is 12.8. The highest BCUT2D eigenvalue weighted by molar-refractivity contribution is 5.91. The van der Waals surface area contributed by atoms with Crippen molar-refractivity contribution >= 4 is 17.4 Å². The predicted octanol–water partition coefficient (Wildman–Crippen LogP) is 1.73. The SMILES string of the molecule is CCC(=O)COC(=O)c1ccc([N+](=O)[O-])cc1. The fourth-order valence-corrected chi connectivity index (χ4v) is 1.05. The number of carbonyl (C=O) groups is 2. The smallest absolute Gasteiger partial charge is 0.338 e. The maximum atomic E-state index is 11.4. The number of esters is 1. The van der Waals surface area contributed by atoms with E-state index >= 15 is 0 Å². The van der Waals surface area contributed by atoms with E-state index in [9.17, 15) is 19.7 Å². The van der Waals surface area contributed by atoms with Crippen molar-refractivity contribution in [2.75, 3.05) is 6.61 Å². The quantitative estimate of drug-likeness (QED) is 0.442. The summed E-state index contributed by atoms with van der Waals surface area (Å²) in [5, 5.41) is 10.4. The van der Waals surface area contributed by atoms with Crippen LogP contribution in [0.25, 0.3) is 0 Å². The van der Waals surface area contributed by atoms with Gasteiger partial charge in [-0.25, -0.2) is 4.79 Å². The Morgan fingerprint density at radius 3 is 2.35 bits per heavy atom. The average Bonchev–Trinajstić information content (AvgIpc) is 2.35. The summed E-state index contributed by atoms with van der Waals surface area (Å²) in [5.41, 5.74) is 0.0747. The summed E-state index contributed by atoms with van der Waals surface area (Å²) in [7, 11) is 0. The van der Waals surface area contributed by atoms with Gasteiger partial charge in [0.25, 0.3) is 5.69 Å². The van der Waals surface area contributed by atoms with E-state index in [0.717, 1.165) is 0 Å². The molecule has 0 saturated heterocycles. The van der Waals surface area contributed by atoms with Gasteiger partial charge in [-0.15, -0.1) is 0 Å². The summed E-state index contributed by atoms with van der Waals surface area (Å²) >= 11 is 0. The number of Topliss-reactive ketones (excluding diaryl/α,β-unsaturated/α-hetero) is 1. The van der Waals surface area contributed by atoms with Crippen molar-refractivity contribution in [1.29, 1.82) is 0 Å². The summed E-state index contributed by atoms with van der Waals surface area (Å²) in [5.74, 6) is -0.845. The van der Waals surface area contributed by atoms with Crippen LogP contribution in [0.1, 0.15) is 23.7 Å². The third-order valence-electron chi connectivity index (χ3n) is 2.07. The van der Waals surface area contributed by atoms with Crippen LogP contribution in [0.3, 0.4) is 0 Å². The molecule has 0 radical (unpaired) electrons. The second kappa shape index (κ2) is 5.74. The molecule has 6 heteroatoms. The van der Waals surface area contributed by atoms with Gasteiger partial charge in [0.05, 0.1) is 10.5 Å². The Bertz CT molecular complexity index is 438. The molecular formula is C11H11NO5. The first-order valence-electron chi connectivity index (χ1n) is 4.98. The van der Waals surface area contributed by atoms with Crippen LogP contribution in [0.5, 0.6) is 0 Å². The van der Waals surface area contributed by atoms with Crippen molar-refractivity contribution < 1.29 is 19.2 Å². The number of nitro benzene ring substituents is 1. The van der Waals surface area contributed by atoms with E-state index in [4.69, 9.17) is 4.74 Å². The number of benzene rings is 1. The Kier molecular flexibility index (Phi) is 4.33. The molecule has 0 aromatic heterocycles. The predicted molar refractivity (Wildman–Crippen MR) is 58.7 cm³/mol. The number of carbonyl (C=O) groups excluding carboxylic acids is 2. The van der Waals surface area contributed by atoms with E-state index in [0.29, 0.717) is 6.42 Å². The molecule has 0 N–H and O–H groups in total. The first kappa shape index (κ1) is 12.8. The normalized spacial score (nSPS) is 9.71. The van der Waals surface area contributed by atoms with E-state index in [1.54, 1.807) is 6.92 Å². The molecule has 1 rings (SSSR count). The first-order chi connectivity index (χ1) is 8.04. The van der Waals surface area contributed by atoms with Crippen molar-refractivity contribution in [3.63, 3.8) is 0 Å². The molecule has 0 amide bonds. The van der Waals surface area contributed by atoms with E-state index in [1.165, 1.54) is 24.3 Å². The van der Waals surface area contributed by atoms with Gasteiger partial charge in [-0.3, -0.25) is 14.9 Å². The highest BCUT2D eigenvalue weighted by Crippen LogP contribution is 2.12. The van der Waals surface area contributed by atoms with Gasteiger partial charge in [0, 0.05) is 18.6 Å². The van der Waals surface area contributed by atoms with Gasteiger partial charge in [-0.05, 0) is 12.1 Å². The molecule has 0 aliphatic rings. The molecule has 90 valence electrons. The molecule has 0 aliphatic heterocycles. The van der Waals surface area contributed by atoms with E-state index in [1.807, 2.05) is 0 Å². The van der Waals surface area contributed by atoms with Gasteiger partial charge < -0.3 is 4.74 Å². The van der Waals surface area contributed by atoms with Crippen molar-refractivity contribution in [2.24, 2.45) is 0 Å². The number of nitrogens with zero attached hydrogens (tertiary/aromatic N) is 1. The molecule has 0 atom stereocenters. The number of hydrogen-bond acceptors (Lipinski definition) is 5. The molecule has 0 spiro atoms. The van der Waals surface area contributed by atoms with Crippen LogP contribution >= 0.6 is 0 Å². The molecule has 0 saturated carbocycles. The molecular weight excluding hydrogens is 226 g/mol. The summed E-state index contributed by atoms with van der Waals surface area (Å²) in [4.78, 5) is 32.1. The summed E-state index contributed by atoms with van der Waals surface area (Å²) in [6, 6.07) is 4.99. The van der Waals surface area contributed by atoms with Gasteiger partial charge in [-0.1, -0.05) is 6.92 Å². The van der Waals surface area contributed by atoms with E-state index in [-0.39, 0.29) is 23.6 Å². The zero-order valence-electron chi connectivity index (χ0n) is 9.21. The lowest BCUT2D eigenvalue weighted by molar-refractivity contribution is -0.384. The average molecular weight is 237 g/mol. The number of ether oxygens (including phenoxy) is 1. The minimum absolute atomic E-state index is 0.105. The maximum absolute atomic E-state index is 11.4. The molecule has 1 aromatic carbocycles. The number of ketones is 1. The van der Waals surface area contributed by atoms with E-state index < -0.39 is 10.9 Å². The summed E-state index contributed by atoms with van der Waals surface area (Å²) < 4.78 is 4.72. The van der Waals surface area contributed by atoms with Crippen molar-refractivity contribution in [2.45, 2.75) is 13.3 Å². The Morgan fingerprint density at radius 2 is 1.88 bits per heavy atom. The van der Waals surface area contributed by atoms with Crippen LogP contribution in [0, 0.1) is 10.1 Å². The second-order valence-corrected chi connectivity index (χ2v) is 3.27. The zero-order valence-corrected chi connectivity index (χ0v) is 9.21. The van der Waals surface area contributed by atoms with Gasteiger partial charge >= 0.3 is 5.97 Å². The molecule has 0 fully saturated rings. The number of nitro groups is 1. The van der Waals surface area contributed by atoms with Crippen LogP contribution in [-0.4, -0.2) is 23.3 Å². The Hall–Kier alpha value is -2.24. The lowest BCUT2D eigenvalue weighted by Crippen LogP contribution is -2.13. The lowest BCUT2D eigenvalue weighted by Gasteiger charge is -2.02. The van der Waals surface area contributed by atoms with Crippen LogP contribution in [0.15, 0.2) is 24.3 Å². The van der Waals surface area contributed by atoms with Gasteiger partial charge in [0.2, 0.25) is 0 Å². The molecule has 0 aliphatic carbocycles. The Labute approximate surface area is 97.3 Å². The second-order valence-electron chi connectivity index (χ2n) is 3.27. The molecule has 0 unspecified atom stereocenters. The van der Waals surface area contributed by atoms with Gasteiger partial charge in [0.1, 0.15) is 6.61 Å². The highest BCUT2D eigenvalue weighted by Gasteiger charge is 2.11. The number of non-ortho nitro benzene ring substituents is 1. The number of rotatable bonds is 5. The van der Waals surface area contributed by atoms with Crippen LogP contribution in [0.2, 0.25) is 0 Å². The fourth-order valence-electron chi connectivity index (χ4n) is 1.05. The fraction of sp³-hybridized carbons (Fsp3) is 0.273.